The Hall–Kier alpha value is -0.0800. The van der Waals surface area contributed by atoms with Crippen LogP contribution in [-0.4, -0.2) is 32.2 Å². The van der Waals surface area contributed by atoms with Crippen LogP contribution in [0.2, 0.25) is 0 Å². The third-order valence-electron chi connectivity index (χ3n) is 0.678. The second kappa shape index (κ2) is 10.8. The van der Waals surface area contributed by atoms with Gasteiger partial charge >= 0.3 is 0 Å². The minimum atomic E-state index is 0.983. The zero-order chi connectivity index (χ0) is 7.70. The molecule has 0 aliphatic carbocycles. The highest BCUT2D eigenvalue weighted by molar-refractivity contribution is 4.36. The molecule has 0 heterocycles. The molecule has 0 amide bonds. The molecule has 0 radical (unpaired) electrons. The van der Waals surface area contributed by atoms with Gasteiger partial charge in [0.25, 0.3) is 0 Å². The molecule has 0 bridgehead atoms. The van der Waals surface area contributed by atoms with Gasteiger partial charge in [0.05, 0.1) is 0 Å². The summed E-state index contributed by atoms with van der Waals surface area (Å²) in [5.41, 5.74) is 0. The normalized spacial score (nSPS) is 8.67. The SMILES string of the molecule is CC.CCNCN(C)C. The number of hydrogen-bond acceptors (Lipinski definition) is 2. The Morgan fingerprint density at radius 3 is 1.78 bits per heavy atom. The fraction of sp³-hybridized carbons (Fsp3) is 1.00. The Bertz CT molecular complexity index is 35.9. The Balaban J connectivity index is 0. The molecule has 0 aromatic carbocycles. The van der Waals surface area contributed by atoms with Gasteiger partial charge in [-0.05, 0) is 20.6 Å². The van der Waals surface area contributed by atoms with Crippen LogP contribution in [0.3, 0.4) is 0 Å². The highest BCUT2D eigenvalue weighted by atomic mass is 15.2. The van der Waals surface area contributed by atoms with Crippen molar-refractivity contribution >= 4 is 0 Å². The van der Waals surface area contributed by atoms with Crippen LogP contribution < -0.4 is 5.32 Å². The van der Waals surface area contributed by atoms with E-state index in [2.05, 4.69) is 17.1 Å². The van der Waals surface area contributed by atoms with Crippen LogP contribution in [0.1, 0.15) is 20.8 Å². The lowest BCUT2D eigenvalue weighted by Crippen LogP contribution is -2.27. The van der Waals surface area contributed by atoms with Crippen molar-refractivity contribution in [2.24, 2.45) is 0 Å². The van der Waals surface area contributed by atoms with E-state index in [1.54, 1.807) is 0 Å². The molecule has 9 heavy (non-hydrogen) atoms. The molecule has 0 aromatic heterocycles. The van der Waals surface area contributed by atoms with Gasteiger partial charge in [-0.15, -0.1) is 0 Å². The van der Waals surface area contributed by atoms with Crippen LogP contribution in [-0.2, 0) is 0 Å². The summed E-state index contributed by atoms with van der Waals surface area (Å²) in [5, 5.41) is 3.17. The first kappa shape index (κ1) is 11.7. The number of rotatable bonds is 3. The van der Waals surface area contributed by atoms with Gasteiger partial charge in [-0.3, -0.25) is 4.90 Å². The second-order valence-corrected chi connectivity index (χ2v) is 1.84. The number of nitrogens with one attached hydrogen (secondary N) is 1. The van der Waals surface area contributed by atoms with Crippen LogP contribution in [0.4, 0.5) is 0 Å². The van der Waals surface area contributed by atoms with E-state index >= 15 is 0 Å². The monoisotopic (exact) mass is 132 g/mol. The van der Waals surface area contributed by atoms with Crippen molar-refractivity contribution in [3.63, 3.8) is 0 Å². The number of nitrogens with zero attached hydrogens (tertiary/aromatic N) is 1. The summed E-state index contributed by atoms with van der Waals surface area (Å²) in [6, 6.07) is 0. The Kier molecular flexibility index (Phi) is 14.0. The van der Waals surface area contributed by atoms with E-state index in [1.807, 2.05) is 27.9 Å². The molecule has 1 N–H and O–H groups in total. The fourth-order valence-electron chi connectivity index (χ4n) is 0.335. The van der Waals surface area contributed by atoms with Crippen LogP contribution in [0.15, 0.2) is 0 Å². The molecule has 0 aromatic rings. The van der Waals surface area contributed by atoms with E-state index in [0.717, 1.165) is 13.2 Å². The lowest BCUT2D eigenvalue weighted by atomic mass is 10.7. The van der Waals surface area contributed by atoms with Crippen molar-refractivity contribution in [2.45, 2.75) is 20.8 Å². The van der Waals surface area contributed by atoms with Crippen molar-refractivity contribution in [3.05, 3.63) is 0 Å². The van der Waals surface area contributed by atoms with E-state index in [0.29, 0.717) is 0 Å². The molecule has 2 nitrogen and oxygen atoms in total. The average molecular weight is 132 g/mol. The van der Waals surface area contributed by atoms with Crippen LogP contribution in [0, 0.1) is 0 Å². The first-order valence-electron chi connectivity index (χ1n) is 3.62. The van der Waals surface area contributed by atoms with Gasteiger partial charge in [-0.25, -0.2) is 0 Å². The van der Waals surface area contributed by atoms with Crippen LogP contribution in [0.25, 0.3) is 0 Å². The van der Waals surface area contributed by atoms with Crippen molar-refractivity contribution in [1.82, 2.24) is 10.2 Å². The van der Waals surface area contributed by atoms with Gasteiger partial charge in [0, 0.05) is 6.67 Å². The summed E-state index contributed by atoms with van der Waals surface area (Å²) in [6.07, 6.45) is 0. The van der Waals surface area contributed by atoms with Crippen molar-refractivity contribution in [2.75, 3.05) is 27.3 Å². The summed E-state index contributed by atoms with van der Waals surface area (Å²) >= 11 is 0. The topological polar surface area (TPSA) is 15.3 Å². The summed E-state index contributed by atoms with van der Waals surface area (Å²) < 4.78 is 0. The smallest absolute Gasteiger partial charge is 0.0474 e. The molecule has 0 fully saturated rings. The average Bonchev–Trinajstić information content (AvgIpc) is 1.88. The lowest BCUT2D eigenvalue weighted by Gasteiger charge is -2.07. The number of hydrogen-bond donors (Lipinski definition) is 1. The van der Waals surface area contributed by atoms with E-state index in [-0.39, 0.29) is 0 Å². The molecule has 0 atom stereocenters. The Labute approximate surface area is 59.2 Å². The van der Waals surface area contributed by atoms with Crippen LogP contribution >= 0.6 is 0 Å². The van der Waals surface area contributed by atoms with Crippen molar-refractivity contribution < 1.29 is 0 Å². The van der Waals surface area contributed by atoms with Gasteiger partial charge in [-0.2, -0.15) is 0 Å². The Morgan fingerprint density at radius 1 is 1.22 bits per heavy atom. The maximum absolute atomic E-state index is 3.17. The van der Waals surface area contributed by atoms with E-state index in [9.17, 15) is 0 Å². The Morgan fingerprint density at radius 2 is 1.67 bits per heavy atom. The highest BCUT2D eigenvalue weighted by Crippen LogP contribution is 1.64. The first-order valence-corrected chi connectivity index (χ1v) is 3.62. The minimum Gasteiger partial charge on any atom is -0.305 e. The molecule has 0 aliphatic rings. The zero-order valence-corrected chi connectivity index (χ0v) is 7.36. The van der Waals surface area contributed by atoms with Crippen LogP contribution in [0.5, 0.6) is 0 Å². The van der Waals surface area contributed by atoms with Crippen molar-refractivity contribution in [1.29, 1.82) is 0 Å². The molecule has 0 saturated heterocycles. The molecular formula is C7H20N2. The van der Waals surface area contributed by atoms with Gasteiger partial charge in [0.1, 0.15) is 0 Å². The summed E-state index contributed by atoms with van der Waals surface area (Å²) in [5.74, 6) is 0. The molecule has 2 heteroatoms. The molecular weight excluding hydrogens is 112 g/mol. The van der Waals surface area contributed by atoms with Gasteiger partial charge in [-0.1, -0.05) is 20.8 Å². The molecule has 0 spiro atoms. The predicted molar refractivity (Wildman–Crippen MR) is 43.6 cm³/mol. The third kappa shape index (κ3) is 18.1. The molecule has 0 rings (SSSR count). The van der Waals surface area contributed by atoms with Gasteiger partial charge < -0.3 is 5.32 Å². The van der Waals surface area contributed by atoms with E-state index in [1.165, 1.54) is 0 Å². The summed E-state index contributed by atoms with van der Waals surface area (Å²) in [7, 11) is 4.09. The maximum atomic E-state index is 3.17. The standard InChI is InChI=1S/C5H14N2.C2H6/c1-4-6-5-7(2)3;1-2/h6H,4-5H2,1-3H3;1-2H3. The van der Waals surface area contributed by atoms with Crippen molar-refractivity contribution in [3.8, 4) is 0 Å². The fourth-order valence-corrected chi connectivity index (χ4v) is 0.335. The largest absolute Gasteiger partial charge is 0.305 e. The van der Waals surface area contributed by atoms with E-state index < -0.39 is 0 Å². The first-order chi connectivity index (χ1) is 4.27. The van der Waals surface area contributed by atoms with Gasteiger partial charge in [0.15, 0.2) is 0 Å². The zero-order valence-electron chi connectivity index (χ0n) is 7.36. The molecule has 0 saturated carbocycles. The summed E-state index contributed by atoms with van der Waals surface area (Å²) in [4.78, 5) is 2.10. The molecule has 58 valence electrons. The highest BCUT2D eigenvalue weighted by Gasteiger charge is 1.81. The summed E-state index contributed by atoms with van der Waals surface area (Å²) in [6.45, 7) is 8.14. The van der Waals surface area contributed by atoms with Gasteiger partial charge in [0.2, 0.25) is 0 Å². The predicted octanol–water partition coefficient (Wildman–Crippen LogP) is 1.14. The quantitative estimate of drug-likeness (QED) is 0.579. The molecule has 0 unspecified atom stereocenters. The maximum Gasteiger partial charge on any atom is 0.0474 e. The lowest BCUT2D eigenvalue weighted by molar-refractivity contribution is 0.374. The molecule has 0 aliphatic heterocycles. The third-order valence-corrected chi connectivity index (χ3v) is 0.678. The second-order valence-electron chi connectivity index (χ2n) is 1.84. The van der Waals surface area contributed by atoms with E-state index in [4.69, 9.17) is 0 Å². The minimum absolute atomic E-state index is 0.983.